The maximum atomic E-state index is 12.0. The molecule has 0 aliphatic carbocycles. The highest BCUT2D eigenvalue weighted by Crippen LogP contribution is 2.23. The second-order valence-electron chi connectivity index (χ2n) is 3.65. The second-order valence-corrected chi connectivity index (χ2v) is 4.06. The van der Waals surface area contributed by atoms with E-state index in [0.717, 1.165) is 0 Å². The van der Waals surface area contributed by atoms with Gasteiger partial charge in [0, 0.05) is 7.05 Å². The lowest BCUT2D eigenvalue weighted by Gasteiger charge is -2.23. The van der Waals surface area contributed by atoms with Crippen molar-refractivity contribution >= 4 is 23.2 Å². The van der Waals surface area contributed by atoms with Crippen molar-refractivity contribution in [3.8, 4) is 0 Å². The van der Waals surface area contributed by atoms with E-state index in [1.54, 1.807) is 32.2 Å². The van der Waals surface area contributed by atoms with Crippen LogP contribution in [-0.2, 0) is 0 Å². The molecule has 0 saturated heterocycles. The van der Waals surface area contributed by atoms with Crippen LogP contribution in [0.1, 0.15) is 17.3 Å². The van der Waals surface area contributed by atoms with Gasteiger partial charge in [0.2, 0.25) is 0 Å². The van der Waals surface area contributed by atoms with Gasteiger partial charge >= 0.3 is 0 Å². The molecule has 1 atom stereocenters. The van der Waals surface area contributed by atoms with Crippen LogP contribution in [0.3, 0.4) is 0 Å². The average Bonchev–Trinajstić information content (AvgIpc) is 2.29. The number of aliphatic hydroxyl groups excluding tert-OH is 1. The summed E-state index contributed by atoms with van der Waals surface area (Å²) in [5.41, 5.74) is 6.35. The number of nitrogens with two attached hydrogens (primary N) is 1. The zero-order valence-corrected chi connectivity index (χ0v) is 10.0. The van der Waals surface area contributed by atoms with Gasteiger partial charge in [0.25, 0.3) is 5.91 Å². The average molecular weight is 243 g/mol. The number of para-hydroxylation sites is 1. The lowest BCUT2D eigenvalue weighted by Crippen LogP contribution is -2.37. The van der Waals surface area contributed by atoms with E-state index in [9.17, 15) is 4.79 Å². The van der Waals surface area contributed by atoms with Crippen molar-refractivity contribution in [2.24, 2.45) is 0 Å². The van der Waals surface area contributed by atoms with Crippen LogP contribution in [0.2, 0.25) is 5.02 Å². The number of nitrogens with zero attached hydrogens (tertiary/aromatic N) is 1. The third-order valence-electron chi connectivity index (χ3n) is 2.53. The standard InChI is InChI=1S/C11H15ClN2O2/c1-7(6-15)14(2)11(16)8-4-3-5-9(12)10(8)13/h3-5,7,15H,6,13H2,1-2H3. The Morgan fingerprint density at radius 2 is 2.25 bits per heavy atom. The normalized spacial score (nSPS) is 12.2. The molecule has 0 fully saturated rings. The lowest BCUT2D eigenvalue weighted by molar-refractivity contribution is 0.0683. The topological polar surface area (TPSA) is 66.6 Å². The van der Waals surface area contributed by atoms with Crippen molar-refractivity contribution in [1.29, 1.82) is 0 Å². The third kappa shape index (κ3) is 2.46. The minimum atomic E-state index is -0.258. The number of halogens is 1. The van der Waals surface area contributed by atoms with Gasteiger partial charge in [-0.15, -0.1) is 0 Å². The number of nitrogen functional groups attached to an aromatic ring is 1. The third-order valence-corrected chi connectivity index (χ3v) is 2.86. The number of hydrogen-bond acceptors (Lipinski definition) is 3. The molecule has 1 rings (SSSR count). The number of amides is 1. The molecule has 1 aromatic rings. The number of rotatable bonds is 3. The molecule has 1 aromatic carbocycles. The fourth-order valence-corrected chi connectivity index (χ4v) is 1.41. The van der Waals surface area contributed by atoms with Crippen molar-refractivity contribution in [2.75, 3.05) is 19.4 Å². The fourth-order valence-electron chi connectivity index (χ4n) is 1.24. The monoisotopic (exact) mass is 242 g/mol. The van der Waals surface area contributed by atoms with E-state index in [2.05, 4.69) is 0 Å². The van der Waals surface area contributed by atoms with E-state index >= 15 is 0 Å². The van der Waals surface area contributed by atoms with Gasteiger partial charge in [-0.05, 0) is 19.1 Å². The summed E-state index contributed by atoms with van der Waals surface area (Å²) in [7, 11) is 1.61. The fraction of sp³-hybridized carbons (Fsp3) is 0.364. The summed E-state index contributed by atoms with van der Waals surface area (Å²) in [4.78, 5) is 13.4. The number of benzene rings is 1. The summed E-state index contributed by atoms with van der Waals surface area (Å²) < 4.78 is 0. The summed E-state index contributed by atoms with van der Waals surface area (Å²) in [6, 6.07) is 4.65. The molecule has 0 heterocycles. The van der Waals surface area contributed by atoms with Crippen molar-refractivity contribution in [2.45, 2.75) is 13.0 Å². The Morgan fingerprint density at radius 3 is 2.81 bits per heavy atom. The summed E-state index contributed by atoms with van der Waals surface area (Å²) >= 11 is 5.83. The highest BCUT2D eigenvalue weighted by atomic mass is 35.5. The predicted octanol–water partition coefficient (Wildman–Crippen LogP) is 1.38. The van der Waals surface area contributed by atoms with E-state index in [0.29, 0.717) is 10.6 Å². The molecule has 88 valence electrons. The molecule has 3 N–H and O–H groups in total. The quantitative estimate of drug-likeness (QED) is 0.787. The molecule has 0 aliphatic rings. The maximum absolute atomic E-state index is 12.0. The Bertz CT molecular complexity index is 396. The Balaban J connectivity index is 3.01. The van der Waals surface area contributed by atoms with E-state index in [1.165, 1.54) is 4.90 Å². The van der Waals surface area contributed by atoms with E-state index in [4.69, 9.17) is 22.4 Å². The predicted molar refractivity (Wildman–Crippen MR) is 64.5 cm³/mol. The second kappa shape index (κ2) is 5.18. The number of hydrogen-bond donors (Lipinski definition) is 2. The van der Waals surface area contributed by atoms with Crippen LogP contribution in [0.5, 0.6) is 0 Å². The Hall–Kier alpha value is -1.26. The first-order valence-electron chi connectivity index (χ1n) is 4.91. The highest BCUT2D eigenvalue weighted by molar-refractivity contribution is 6.33. The number of carbonyl (C=O) groups is 1. The van der Waals surface area contributed by atoms with Crippen molar-refractivity contribution in [3.63, 3.8) is 0 Å². The summed E-state index contributed by atoms with van der Waals surface area (Å²) in [6.45, 7) is 1.65. The molecule has 0 aliphatic heterocycles. The molecule has 16 heavy (non-hydrogen) atoms. The smallest absolute Gasteiger partial charge is 0.256 e. The van der Waals surface area contributed by atoms with Gasteiger partial charge < -0.3 is 15.7 Å². The Labute approximate surface area is 99.6 Å². The molecule has 0 spiro atoms. The van der Waals surface area contributed by atoms with Gasteiger partial charge in [-0.2, -0.15) is 0 Å². The molecule has 0 radical (unpaired) electrons. The minimum absolute atomic E-state index is 0.0945. The zero-order chi connectivity index (χ0) is 12.3. The van der Waals surface area contributed by atoms with Gasteiger partial charge in [-0.1, -0.05) is 17.7 Å². The molecule has 0 aromatic heterocycles. The van der Waals surface area contributed by atoms with Crippen molar-refractivity contribution in [3.05, 3.63) is 28.8 Å². The summed E-state index contributed by atoms with van der Waals surface area (Å²) in [6.07, 6.45) is 0. The van der Waals surface area contributed by atoms with Gasteiger partial charge in [0.05, 0.1) is 28.9 Å². The molecule has 4 nitrogen and oxygen atoms in total. The van der Waals surface area contributed by atoms with Gasteiger partial charge in [-0.3, -0.25) is 4.79 Å². The Kier molecular flexibility index (Phi) is 4.15. The van der Waals surface area contributed by atoms with Crippen LogP contribution in [0.4, 0.5) is 5.69 Å². The molecule has 1 unspecified atom stereocenters. The maximum Gasteiger partial charge on any atom is 0.256 e. The molecular formula is C11H15ClN2O2. The Morgan fingerprint density at radius 1 is 1.62 bits per heavy atom. The van der Waals surface area contributed by atoms with Crippen LogP contribution < -0.4 is 5.73 Å². The van der Waals surface area contributed by atoms with Crippen LogP contribution in [-0.4, -0.2) is 35.6 Å². The molecule has 5 heteroatoms. The number of carbonyl (C=O) groups excluding carboxylic acids is 1. The van der Waals surface area contributed by atoms with E-state index in [1.807, 2.05) is 0 Å². The van der Waals surface area contributed by atoms with Crippen LogP contribution in [0.25, 0.3) is 0 Å². The number of likely N-dealkylation sites (N-methyl/N-ethyl adjacent to an activating group) is 1. The van der Waals surface area contributed by atoms with Gasteiger partial charge in [0.1, 0.15) is 0 Å². The van der Waals surface area contributed by atoms with Gasteiger partial charge in [0.15, 0.2) is 0 Å². The number of aliphatic hydroxyl groups is 1. The molecule has 0 saturated carbocycles. The zero-order valence-electron chi connectivity index (χ0n) is 9.27. The molecule has 1 amide bonds. The molecule has 0 bridgehead atoms. The minimum Gasteiger partial charge on any atom is -0.397 e. The van der Waals surface area contributed by atoms with Crippen molar-refractivity contribution in [1.82, 2.24) is 4.90 Å². The molecular weight excluding hydrogens is 228 g/mol. The van der Waals surface area contributed by atoms with Crippen LogP contribution >= 0.6 is 11.6 Å². The summed E-state index contributed by atoms with van der Waals surface area (Å²) in [5.74, 6) is -0.249. The summed E-state index contributed by atoms with van der Waals surface area (Å²) in [5, 5.41) is 9.33. The largest absolute Gasteiger partial charge is 0.397 e. The number of anilines is 1. The van der Waals surface area contributed by atoms with E-state index < -0.39 is 0 Å². The lowest BCUT2D eigenvalue weighted by atomic mass is 10.1. The van der Waals surface area contributed by atoms with Gasteiger partial charge in [-0.25, -0.2) is 0 Å². The van der Waals surface area contributed by atoms with Crippen LogP contribution in [0, 0.1) is 0 Å². The first kappa shape index (κ1) is 12.8. The van der Waals surface area contributed by atoms with Crippen molar-refractivity contribution < 1.29 is 9.90 Å². The van der Waals surface area contributed by atoms with Crippen LogP contribution in [0.15, 0.2) is 18.2 Å². The first-order chi connectivity index (χ1) is 7.49. The first-order valence-corrected chi connectivity index (χ1v) is 5.28. The SMILES string of the molecule is CC(CO)N(C)C(=O)c1cccc(Cl)c1N. The van der Waals surface area contributed by atoms with E-state index in [-0.39, 0.29) is 24.2 Å². The highest BCUT2D eigenvalue weighted by Gasteiger charge is 2.19.